The van der Waals surface area contributed by atoms with Crippen molar-refractivity contribution in [1.29, 1.82) is 0 Å². The molecule has 3 atom stereocenters. The summed E-state index contributed by atoms with van der Waals surface area (Å²) in [7, 11) is 0. The van der Waals surface area contributed by atoms with Gasteiger partial charge in [0.15, 0.2) is 0 Å². The Morgan fingerprint density at radius 1 is 1.33 bits per heavy atom. The second-order valence-electron chi connectivity index (χ2n) is 7.04. The standard InChI is InChI=1S/C19H20N2O2S/c1-11-4-3-5-13(8-11)16-14(6-7-24-16)17(22)21-10-19(18(20)23)9-15(19)12(21)2/h3-8,12,15H,9-10H2,1-2H3,(H2,20,23)/t12-,15+,19-/m0/s1. The first-order valence-electron chi connectivity index (χ1n) is 8.19. The average Bonchev–Trinajstić information content (AvgIpc) is 2.96. The molecule has 0 bridgehead atoms. The van der Waals surface area contributed by atoms with Crippen LogP contribution in [0.4, 0.5) is 0 Å². The molecule has 1 aliphatic carbocycles. The minimum atomic E-state index is -0.478. The first-order valence-corrected chi connectivity index (χ1v) is 9.07. The van der Waals surface area contributed by atoms with Crippen LogP contribution in [0.25, 0.3) is 10.4 Å². The largest absolute Gasteiger partial charge is 0.369 e. The average molecular weight is 340 g/mol. The number of hydrogen-bond donors (Lipinski definition) is 1. The Labute approximate surface area is 145 Å². The minimum absolute atomic E-state index is 0.00748. The molecule has 1 aliphatic heterocycles. The number of hydrogen-bond acceptors (Lipinski definition) is 3. The lowest BCUT2D eigenvalue weighted by Crippen LogP contribution is -2.39. The summed E-state index contributed by atoms with van der Waals surface area (Å²) in [4.78, 5) is 27.7. The lowest BCUT2D eigenvalue weighted by Gasteiger charge is -2.25. The van der Waals surface area contributed by atoms with Crippen LogP contribution in [0.2, 0.25) is 0 Å². The van der Waals surface area contributed by atoms with E-state index in [1.807, 2.05) is 48.4 Å². The summed E-state index contributed by atoms with van der Waals surface area (Å²) in [6.07, 6.45) is 0.821. The van der Waals surface area contributed by atoms with Gasteiger partial charge in [0, 0.05) is 17.5 Å². The Bertz CT molecular complexity index is 843. The Balaban J connectivity index is 1.65. The summed E-state index contributed by atoms with van der Waals surface area (Å²) in [5, 5.41) is 1.95. The van der Waals surface area contributed by atoms with Crippen molar-refractivity contribution in [3.63, 3.8) is 0 Å². The van der Waals surface area contributed by atoms with E-state index in [1.165, 1.54) is 5.56 Å². The summed E-state index contributed by atoms with van der Waals surface area (Å²) >= 11 is 1.58. The van der Waals surface area contributed by atoms with E-state index in [9.17, 15) is 9.59 Å². The van der Waals surface area contributed by atoms with E-state index in [-0.39, 0.29) is 23.8 Å². The van der Waals surface area contributed by atoms with E-state index in [0.29, 0.717) is 6.54 Å². The molecule has 2 fully saturated rings. The number of thiophene rings is 1. The molecule has 2 N–H and O–H groups in total. The second-order valence-corrected chi connectivity index (χ2v) is 7.95. The molecule has 5 heteroatoms. The maximum atomic E-state index is 13.1. The van der Waals surface area contributed by atoms with Crippen LogP contribution >= 0.6 is 11.3 Å². The van der Waals surface area contributed by atoms with E-state index in [4.69, 9.17) is 5.73 Å². The third-order valence-corrected chi connectivity index (χ3v) is 6.55. The van der Waals surface area contributed by atoms with E-state index < -0.39 is 5.41 Å². The molecule has 1 saturated carbocycles. The highest BCUT2D eigenvalue weighted by Gasteiger charge is 2.68. The second kappa shape index (κ2) is 5.18. The molecule has 24 heavy (non-hydrogen) atoms. The van der Waals surface area contributed by atoms with Gasteiger partial charge in [-0.3, -0.25) is 9.59 Å². The Morgan fingerprint density at radius 2 is 2.12 bits per heavy atom. The van der Waals surface area contributed by atoms with Crippen LogP contribution in [0, 0.1) is 18.3 Å². The zero-order chi connectivity index (χ0) is 17.1. The molecule has 124 valence electrons. The third-order valence-electron chi connectivity index (χ3n) is 5.59. The fourth-order valence-corrected chi connectivity index (χ4v) is 4.96. The first kappa shape index (κ1) is 15.4. The zero-order valence-corrected chi connectivity index (χ0v) is 14.6. The first-order chi connectivity index (χ1) is 11.4. The molecule has 1 aromatic carbocycles. The molecule has 2 heterocycles. The molecule has 0 unspecified atom stereocenters. The van der Waals surface area contributed by atoms with Gasteiger partial charge in [-0.15, -0.1) is 11.3 Å². The van der Waals surface area contributed by atoms with Crippen LogP contribution in [-0.2, 0) is 4.79 Å². The number of nitrogens with zero attached hydrogens (tertiary/aromatic N) is 1. The topological polar surface area (TPSA) is 63.4 Å². The smallest absolute Gasteiger partial charge is 0.255 e. The number of rotatable bonds is 3. The SMILES string of the molecule is Cc1cccc(-c2sccc2C(=O)N2C[C@@]3(C(N)=O)C[C@@H]3[C@@H]2C)c1. The van der Waals surface area contributed by atoms with Gasteiger partial charge in [0.2, 0.25) is 5.91 Å². The van der Waals surface area contributed by atoms with Crippen molar-refractivity contribution in [2.45, 2.75) is 26.3 Å². The lowest BCUT2D eigenvalue weighted by molar-refractivity contribution is -0.123. The molecular weight excluding hydrogens is 320 g/mol. The van der Waals surface area contributed by atoms with Crippen LogP contribution in [0.3, 0.4) is 0 Å². The number of amides is 2. The molecule has 0 radical (unpaired) electrons. The number of primary amides is 1. The molecule has 4 rings (SSSR count). The van der Waals surface area contributed by atoms with Crippen molar-refractivity contribution < 1.29 is 9.59 Å². The number of carbonyl (C=O) groups excluding carboxylic acids is 2. The van der Waals surface area contributed by atoms with Crippen molar-refractivity contribution in [2.24, 2.45) is 17.1 Å². The van der Waals surface area contributed by atoms with Crippen LogP contribution in [-0.4, -0.2) is 29.3 Å². The fraction of sp³-hybridized carbons (Fsp3) is 0.368. The molecule has 2 aliphatic rings. The highest BCUT2D eigenvalue weighted by atomic mass is 32.1. The van der Waals surface area contributed by atoms with Crippen LogP contribution in [0.5, 0.6) is 0 Å². The fourth-order valence-electron chi connectivity index (χ4n) is 4.07. The van der Waals surface area contributed by atoms with Crippen molar-refractivity contribution in [3.05, 3.63) is 46.8 Å². The highest BCUT2D eigenvalue weighted by Crippen LogP contribution is 2.60. The van der Waals surface area contributed by atoms with Crippen molar-refractivity contribution in [2.75, 3.05) is 6.54 Å². The number of benzene rings is 1. The summed E-state index contributed by atoms with van der Waals surface area (Å²) in [6.45, 7) is 4.53. The molecule has 1 aromatic heterocycles. The van der Waals surface area contributed by atoms with Crippen LogP contribution in [0.1, 0.15) is 29.3 Å². The normalized spacial score (nSPS) is 27.8. The Hall–Kier alpha value is -2.14. The maximum Gasteiger partial charge on any atom is 0.255 e. The number of carbonyl (C=O) groups is 2. The van der Waals surface area contributed by atoms with Crippen LogP contribution < -0.4 is 5.73 Å². The maximum absolute atomic E-state index is 13.1. The van der Waals surface area contributed by atoms with Crippen LogP contribution in [0.15, 0.2) is 35.7 Å². The summed E-state index contributed by atoms with van der Waals surface area (Å²) in [5.41, 5.74) is 8.06. The predicted molar refractivity (Wildman–Crippen MR) is 94.7 cm³/mol. The van der Waals surface area contributed by atoms with E-state index in [1.54, 1.807) is 11.3 Å². The minimum Gasteiger partial charge on any atom is -0.369 e. The van der Waals surface area contributed by atoms with Gasteiger partial charge < -0.3 is 10.6 Å². The lowest BCUT2D eigenvalue weighted by atomic mass is 10.1. The van der Waals surface area contributed by atoms with Gasteiger partial charge in [-0.1, -0.05) is 29.8 Å². The van der Waals surface area contributed by atoms with Gasteiger partial charge >= 0.3 is 0 Å². The summed E-state index contributed by atoms with van der Waals surface area (Å²) in [5.74, 6) is -0.0352. The summed E-state index contributed by atoms with van der Waals surface area (Å²) < 4.78 is 0. The molecule has 2 aromatic rings. The van der Waals surface area contributed by atoms with E-state index >= 15 is 0 Å². The number of fused-ring (bicyclic) bond motifs is 1. The van der Waals surface area contributed by atoms with Crippen molar-refractivity contribution >= 4 is 23.2 Å². The van der Waals surface area contributed by atoms with Gasteiger partial charge in [-0.05, 0) is 43.2 Å². The van der Waals surface area contributed by atoms with Gasteiger partial charge in [0.05, 0.1) is 11.0 Å². The molecule has 4 nitrogen and oxygen atoms in total. The Morgan fingerprint density at radius 3 is 2.79 bits per heavy atom. The highest BCUT2D eigenvalue weighted by molar-refractivity contribution is 7.14. The van der Waals surface area contributed by atoms with E-state index in [0.717, 1.165) is 22.4 Å². The summed E-state index contributed by atoms with van der Waals surface area (Å²) in [6, 6.07) is 10.1. The number of likely N-dealkylation sites (tertiary alicyclic amines) is 1. The third kappa shape index (κ3) is 2.11. The zero-order valence-electron chi connectivity index (χ0n) is 13.8. The van der Waals surface area contributed by atoms with Crippen molar-refractivity contribution in [3.8, 4) is 10.4 Å². The predicted octanol–water partition coefficient (Wildman–Crippen LogP) is 3.06. The van der Waals surface area contributed by atoms with Gasteiger partial charge in [-0.25, -0.2) is 0 Å². The van der Waals surface area contributed by atoms with E-state index in [2.05, 4.69) is 6.07 Å². The van der Waals surface area contributed by atoms with Gasteiger partial charge in [0.1, 0.15) is 0 Å². The molecule has 2 amide bonds. The van der Waals surface area contributed by atoms with Crippen molar-refractivity contribution in [1.82, 2.24) is 4.90 Å². The molecule has 0 spiro atoms. The molecule has 1 saturated heterocycles. The van der Waals surface area contributed by atoms with Gasteiger partial charge in [-0.2, -0.15) is 0 Å². The monoisotopic (exact) mass is 340 g/mol. The Kier molecular flexibility index (Phi) is 3.32. The number of aryl methyl sites for hydroxylation is 1. The van der Waals surface area contributed by atoms with Gasteiger partial charge in [0.25, 0.3) is 5.91 Å². The quantitative estimate of drug-likeness (QED) is 0.933. The molecular formula is C19H20N2O2S. The number of piperidine rings is 1. The number of nitrogens with two attached hydrogens (primary N) is 1.